The summed E-state index contributed by atoms with van der Waals surface area (Å²) >= 11 is 0. The standard InChI is InChI=1S/C15H24N2O3/c18-14(19)13-9-11-3-1-2-4-12(11)17(13)15(20)16-8-7-10-5-6-10/h10-13H,1-9H2,(H,16,20)(H,18,19). The molecular formula is C15H24N2O3. The van der Waals surface area contributed by atoms with Crippen molar-refractivity contribution in [2.75, 3.05) is 6.54 Å². The molecule has 3 fully saturated rings. The van der Waals surface area contributed by atoms with E-state index in [2.05, 4.69) is 5.32 Å². The molecule has 0 spiro atoms. The van der Waals surface area contributed by atoms with Gasteiger partial charge in [-0.3, -0.25) is 0 Å². The Hall–Kier alpha value is -1.26. The third-order valence-corrected chi connectivity index (χ3v) is 5.13. The molecule has 0 radical (unpaired) electrons. The third-order valence-electron chi connectivity index (χ3n) is 5.13. The van der Waals surface area contributed by atoms with Crippen molar-refractivity contribution in [2.45, 2.75) is 63.5 Å². The highest BCUT2D eigenvalue weighted by molar-refractivity contribution is 5.83. The number of hydrogen-bond acceptors (Lipinski definition) is 2. The van der Waals surface area contributed by atoms with Crippen molar-refractivity contribution in [1.82, 2.24) is 10.2 Å². The summed E-state index contributed by atoms with van der Waals surface area (Å²) < 4.78 is 0. The van der Waals surface area contributed by atoms with Gasteiger partial charge in [-0.1, -0.05) is 25.7 Å². The summed E-state index contributed by atoms with van der Waals surface area (Å²) in [5, 5.41) is 12.3. The summed E-state index contributed by atoms with van der Waals surface area (Å²) in [4.78, 5) is 25.4. The number of fused-ring (bicyclic) bond motifs is 1. The molecule has 20 heavy (non-hydrogen) atoms. The van der Waals surface area contributed by atoms with E-state index < -0.39 is 12.0 Å². The van der Waals surface area contributed by atoms with Gasteiger partial charge in [-0.2, -0.15) is 0 Å². The number of carbonyl (C=O) groups is 2. The zero-order chi connectivity index (χ0) is 14.1. The van der Waals surface area contributed by atoms with Crippen LogP contribution in [0.2, 0.25) is 0 Å². The molecule has 0 aromatic heterocycles. The van der Waals surface area contributed by atoms with E-state index in [0.29, 0.717) is 18.9 Å². The highest BCUT2D eigenvalue weighted by Crippen LogP contribution is 2.39. The van der Waals surface area contributed by atoms with Crippen LogP contribution >= 0.6 is 0 Å². The highest BCUT2D eigenvalue weighted by atomic mass is 16.4. The molecule has 2 amide bonds. The lowest BCUT2D eigenvalue weighted by molar-refractivity contribution is -0.141. The van der Waals surface area contributed by atoms with Gasteiger partial charge in [0.05, 0.1) is 0 Å². The Morgan fingerprint density at radius 1 is 1.15 bits per heavy atom. The molecule has 3 aliphatic rings. The lowest BCUT2D eigenvalue weighted by Crippen LogP contribution is -2.50. The molecule has 112 valence electrons. The summed E-state index contributed by atoms with van der Waals surface area (Å²) in [6.45, 7) is 0.684. The fourth-order valence-corrected chi connectivity index (χ4v) is 3.85. The molecule has 3 rings (SSSR count). The molecular weight excluding hydrogens is 256 g/mol. The fourth-order valence-electron chi connectivity index (χ4n) is 3.85. The van der Waals surface area contributed by atoms with Crippen molar-refractivity contribution in [3.05, 3.63) is 0 Å². The topological polar surface area (TPSA) is 69.6 Å². The molecule has 1 heterocycles. The predicted molar refractivity (Wildman–Crippen MR) is 74.4 cm³/mol. The van der Waals surface area contributed by atoms with Gasteiger partial charge >= 0.3 is 12.0 Å². The third kappa shape index (κ3) is 2.76. The van der Waals surface area contributed by atoms with Crippen LogP contribution in [0.15, 0.2) is 0 Å². The minimum absolute atomic E-state index is 0.144. The van der Waals surface area contributed by atoms with Gasteiger partial charge in [0.25, 0.3) is 0 Å². The Morgan fingerprint density at radius 3 is 2.60 bits per heavy atom. The molecule has 5 nitrogen and oxygen atoms in total. The van der Waals surface area contributed by atoms with E-state index in [9.17, 15) is 14.7 Å². The zero-order valence-corrected chi connectivity index (χ0v) is 11.9. The first-order valence-corrected chi connectivity index (χ1v) is 7.96. The molecule has 2 N–H and O–H groups in total. The smallest absolute Gasteiger partial charge is 0.326 e. The van der Waals surface area contributed by atoms with Gasteiger partial charge < -0.3 is 15.3 Å². The van der Waals surface area contributed by atoms with E-state index in [4.69, 9.17) is 0 Å². The minimum Gasteiger partial charge on any atom is -0.480 e. The summed E-state index contributed by atoms with van der Waals surface area (Å²) in [6.07, 6.45) is 8.54. The van der Waals surface area contributed by atoms with Crippen LogP contribution in [0.25, 0.3) is 0 Å². The number of carbonyl (C=O) groups excluding carboxylic acids is 1. The van der Waals surface area contributed by atoms with Gasteiger partial charge in [-0.25, -0.2) is 9.59 Å². The normalized spacial score (nSPS) is 32.8. The van der Waals surface area contributed by atoms with Crippen LogP contribution in [0.1, 0.15) is 51.4 Å². The van der Waals surface area contributed by atoms with E-state index in [0.717, 1.165) is 31.6 Å². The van der Waals surface area contributed by atoms with Crippen molar-refractivity contribution >= 4 is 12.0 Å². The number of carboxylic acid groups (broad SMARTS) is 1. The van der Waals surface area contributed by atoms with E-state index in [1.807, 2.05) is 0 Å². The Labute approximate surface area is 119 Å². The van der Waals surface area contributed by atoms with Crippen molar-refractivity contribution < 1.29 is 14.7 Å². The fraction of sp³-hybridized carbons (Fsp3) is 0.867. The molecule has 3 unspecified atom stereocenters. The Bertz CT molecular complexity index is 395. The van der Waals surface area contributed by atoms with E-state index in [1.54, 1.807) is 4.90 Å². The van der Waals surface area contributed by atoms with Crippen LogP contribution in [-0.2, 0) is 4.79 Å². The molecule has 0 bridgehead atoms. The van der Waals surface area contributed by atoms with Gasteiger partial charge in [-0.05, 0) is 37.5 Å². The lowest BCUT2D eigenvalue weighted by atomic mass is 9.85. The van der Waals surface area contributed by atoms with Crippen LogP contribution in [0.3, 0.4) is 0 Å². The van der Waals surface area contributed by atoms with Crippen LogP contribution in [0.4, 0.5) is 4.79 Å². The number of urea groups is 1. The second-order valence-electron chi connectivity index (χ2n) is 6.57. The van der Waals surface area contributed by atoms with Crippen molar-refractivity contribution in [3.63, 3.8) is 0 Å². The minimum atomic E-state index is -0.850. The van der Waals surface area contributed by atoms with Crippen LogP contribution < -0.4 is 5.32 Å². The number of likely N-dealkylation sites (tertiary alicyclic amines) is 1. The van der Waals surface area contributed by atoms with Crippen molar-refractivity contribution in [2.24, 2.45) is 11.8 Å². The first kappa shape index (κ1) is 13.7. The Kier molecular flexibility index (Phi) is 3.85. The average molecular weight is 280 g/mol. The van der Waals surface area contributed by atoms with Crippen molar-refractivity contribution in [3.8, 4) is 0 Å². The molecule has 5 heteroatoms. The predicted octanol–water partition coefficient (Wildman–Crippen LogP) is 2.21. The summed E-state index contributed by atoms with van der Waals surface area (Å²) in [5.74, 6) is 0.322. The SMILES string of the molecule is O=C(O)C1CC2CCCCC2N1C(=O)NCCC1CC1. The number of amides is 2. The molecule has 0 aromatic carbocycles. The number of nitrogens with zero attached hydrogens (tertiary/aromatic N) is 1. The molecule has 2 saturated carbocycles. The van der Waals surface area contributed by atoms with Crippen LogP contribution in [0.5, 0.6) is 0 Å². The second kappa shape index (κ2) is 5.62. The average Bonchev–Trinajstić information content (AvgIpc) is 3.16. The maximum atomic E-state index is 12.4. The van der Waals surface area contributed by atoms with Gasteiger partial charge in [0.15, 0.2) is 0 Å². The summed E-state index contributed by atoms with van der Waals surface area (Å²) in [7, 11) is 0. The quantitative estimate of drug-likeness (QED) is 0.829. The maximum Gasteiger partial charge on any atom is 0.326 e. The second-order valence-corrected chi connectivity index (χ2v) is 6.57. The molecule has 1 saturated heterocycles. The summed E-state index contributed by atoms with van der Waals surface area (Å²) in [5.41, 5.74) is 0. The number of rotatable bonds is 4. The first-order valence-electron chi connectivity index (χ1n) is 7.96. The van der Waals surface area contributed by atoms with Gasteiger partial charge in [0.1, 0.15) is 6.04 Å². The number of hydrogen-bond donors (Lipinski definition) is 2. The first-order chi connectivity index (χ1) is 9.66. The van der Waals surface area contributed by atoms with E-state index in [1.165, 1.54) is 19.3 Å². The van der Waals surface area contributed by atoms with Gasteiger partial charge in [0, 0.05) is 12.6 Å². The molecule has 3 atom stereocenters. The van der Waals surface area contributed by atoms with Crippen LogP contribution in [-0.4, -0.2) is 40.6 Å². The molecule has 0 aromatic rings. The molecule has 1 aliphatic heterocycles. The van der Waals surface area contributed by atoms with Crippen LogP contribution in [0, 0.1) is 11.8 Å². The maximum absolute atomic E-state index is 12.4. The van der Waals surface area contributed by atoms with Gasteiger partial charge in [0.2, 0.25) is 0 Å². The number of nitrogens with one attached hydrogen (secondary N) is 1. The Morgan fingerprint density at radius 2 is 1.90 bits per heavy atom. The molecule has 2 aliphatic carbocycles. The van der Waals surface area contributed by atoms with Crippen molar-refractivity contribution in [1.29, 1.82) is 0 Å². The summed E-state index contributed by atoms with van der Waals surface area (Å²) in [6, 6.07) is -0.637. The highest BCUT2D eigenvalue weighted by Gasteiger charge is 2.47. The monoisotopic (exact) mass is 280 g/mol. The number of aliphatic carboxylic acids is 1. The number of carboxylic acids is 1. The zero-order valence-electron chi connectivity index (χ0n) is 11.9. The van der Waals surface area contributed by atoms with E-state index >= 15 is 0 Å². The lowest BCUT2D eigenvalue weighted by Gasteiger charge is -2.33. The van der Waals surface area contributed by atoms with Gasteiger partial charge in [-0.15, -0.1) is 0 Å². The largest absolute Gasteiger partial charge is 0.480 e. The Balaban J connectivity index is 1.62. The van der Waals surface area contributed by atoms with E-state index in [-0.39, 0.29) is 12.1 Å².